The Morgan fingerprint density at radius 1 is 1.28 bits per heavy atom. The van der Waals surface area contributed by atoms with Gasteiger partial charge in [0.1, 0.15) is 10.8 Å². The molecule has 0 spiro atoms. The lowest BCUT2D eigenvalue weighted by molar-refractivity contribution is -0.122. The number of hydrogen-bond acceptors (Lipinski definition) is 5. The third-order valence-electron chi connectivity index (χ3n) is 3.14. The van der Waals surface area contributed by atoms with Crippen LogP contribution >= 0.6 is 23.4 Å². The Morgan fingerprint density at radius 2 is 2.08 bits per heavy atom. The van der Waals surface area contributed by atoms with Crippen LogP contribution in [0, 0.1) is 6.92 Å². The second-order valence-corrected chi connectivity index (χ2v) is 6.48. The number of thioether (sulfide) groups is 1. The fourth-order valence-corrected chi connectivity index (χ4v) is 2.95. The molecule has 1 heterocycles. The predicted octanol–water partition coefficient (Wildman–Crippen LogP) is 2.90. The lowest BCUT2D eigenvalue weighted by Crippen LogP contribution is -2.34. The van der Waals surface area contributed by atoms with Gasteiger partial charge in [-0.25, -0.2) is 4.98 Å². The molecule has 0 atom stereocenters. The number of aromatic nitrogens is 1. The average Bonchev–Trinajstić information content (AvgIpc) is 2.59. The molecule has 0 aliphatic rings. The van der Waals surface area contributed by atoms with E-state index in [2.05, 4.69) is 15.6 Å². The third-order valence-corrected chi connectivity index (χ3v) is 4.56. The van der Waals surface area contributed by atoms with Crippen molar-refractivity contribution in [1.29, 1.82) is 0 Å². The van der Waals surface area contributed by atoms with E-state index < -0.39 is 0 Å². The highest BCUT2D eigenvalue weighted by molar-refractivity contribution is 8.00. The summed E-state index contributed by atoms with van der Waals surface area (Å²) >= 11 is 7.19. The topological polar surface area (TPSA) is 80.3 Å². The standard InChI is InChI=1S/C17H18ClN3O3S/c1-11-5-6-14(24-2)13(8-11)21-15(22)9-20-16(23)10-25-17-12(18)4-3-7-19-17/h3-8H,9-10H2,1-2H3,(H,20,23)(H,21,22). The van der Waals surface area contributed by atoms with E-state index in [0.29, 0.717) is 21.5 Å². The number of methoxy groups -OCH3 is 1. The Morgan fingerprint density at radius 3 is 2.80 bits per heavy atom. The number of carbonyl (C=O) groups excluding carboxylic acids is 2. The number of halogens is 1. The number of rotatable bonds is 7. The zero-order chi connectivity index (χ0) is 18.2. The monoisotopic (exact) mass is 379 g/mol. The Hall–Kier alpha value is -2.25. The summed E-state index contributed by atoms with van der Waals surface area (Å²) in [7, 11) is 1.53. The molecule has 0 bridgehead atoms. The van der Waals surface area contributed by atoms with Crippen LogP contribution in [-0.4, -0.2) is 36.2 Å². The molecule has 0 saturated heterocycles. The van der Waals surface area contributed by atoms with Crippen molar-refractivity contribution in [2.75, 3.05) is 24.7 Å². The number of aryl methyl sites for hydroxylation is 1. The molecule has 0 saturated carbocycles. The fourth-order valence-electron chi connectivity index (χ4n) is 1.96. The molecule has 2 aromatic rings. The van der Waals surface area contributed by atoms with Crippen LogP contribution in [0.3, 0.4) is 0 Å². The van der Waals surface area contributed by atoms with Gasteiger partial charge in [0.25, 0.3) is 0 Å². The highest BCUT2D eigenvalue weighted by Gasteiger charge is 2.11. The van der Waals surface area contributed by atoms with Gasteiger partial charge < -0.3 is 15.4 Å². The molecule has 132 valence electrons. The van der Waals surface area contributed by atoms with Gasteiger partial charge in [-0.1, -0.05) is 29.4 Å². The maximum Gasteiger partial charge on any atom is 0.243 e. The van der Waals surface area contributed by atoms with Crippen LogP contribution < -0.4 is 15.4 Å². The molecule has 0 fully saturated rings. The number of ether oxygens (including phenoxy) is 1. The molecule has 6 nitrogen and oxygen atoms in total. The molecule has 8 heteroatoms. The summed E-state index contributed by atoms with van der Waals surface area (Å²) < 4.78 is 5.20. The summed E-state index contributed by atoms with van der Waals surface area (Å²) in [5.41, 5.74) is 1.56. The SMILES string of the molecule is COc1ccc(C)cc1NC(=O)CNC(=O)CSc1ncccc1Cl. The maximum absolute atomic E-state index is 12.0. The quantitative estimate of drug-likeness (QED) is 0.723. The maximum atomic E-state index is 12.0. The van der Waals surface area contributed by atoms with Crippen LogP contribution in [0.1, 0.15) is 5.56 Å². The largest absolute Gasteiger partial charge is 0.495 e. The minimum absolute atomic E-state index is 0.123. The summed E-state index contributed by atoms with van der Waals surface area (Å²) in [5.74, 6) is 0.0689. The molecule has 25 heavy (non-hydrogen) atoms. The second-order valence-electron chi connectivity index (χ2n) is 5.11. The average molecular weight is 380 g/mol. The van der Waals surface area contributed by atoms with Crippen LogP contribution in [0.15, 0.2) is 41.6 Å². The van der Waals surface area contributed by atoms with Crippen LogP contribution in [-0.2, 0) is 9.59 Å². The van der Waals surface area contributed by atoms with E-state index in [9.17, 15) is 9.59 Å². The first-order chi connectivity index (χ1) is 12.0. The number of nitrogens with one attached hydrogen (secondary N) is 2. The second kappa shape index (κ2) is 9.29. The van der Waals surface area contributed by atoms with Crippen molar-refractivity contribution in [3.05, 3.63) is 47.1 Å². The Balaban J connectivity index is 1.81. The zero-order valence-corrected chi connectivity index (χ0v) is 15.4. The summed E-state index contributed by atoms with van der Waals surface area (Å²) in [6.07, 6.45) is 1.61. The molecular formula is C17H18ClN3O3S. The van der Waals surface area contributed by atoms with Crippen molar-refractivity contribution in [3.8, 4) is 5.75 Å². The molecule has 1 aromatic carbocycles. The van der Waals surface area contributed by atoms with Gasteiger partial charge in [0.05, 0.1) is 30.1 Å². The van der Waals surface area contributed by atoms with Gasteiger partial charge in [-0.3, -0.25) is 9.59 Å². The number of hydrogen-bond donors (Lipinski definition) is 2. The summed E-state index contributed by atoms with van der Waals surface area (Å²) in [5, 5.41) is 6.35. The van der Waals surface area contributed by atoms with Crippen LogP contribution in [0.4, 0.5) is 5.69 Å². The molecule has 2 amide bonds. The van der Waals surface area contributed by atoms with Crippen molar-refractivity contribution in [3.63, 3.8) is 0 Å². The molecule has 2 N–H and O–H groups in total. The highest BCUT2D eigenvalue weighted by atomic mass is 35.5. The molecule has 0 aliphatic carbocycles. The first-order valence-electron chi connectivity index (χ1n) is 7.44. The van der Waals surface area contributed by atoms with Gasteiger partial charge >= 0.3 is 0 Å². The predicted molar refractivity (Wildman–Crippen MR) is 99.3 cm³/mol. The first kappa shape index (κ1) is 19.1. The van der Waals surface area contributed by atoms with E-state index in [-0.39, 0.29) is 24.1 Å². The first-order valence-corrected chi connectivity index (χ1v) is 8.80. The van der Waals surface area contributed by atoms with Crippen LogP contribution in [0.2, 0.25) is 5.02 Å². The molecule has 0 radical (unpaired) electrons. The van der Waals surface area contributed by atoms with Gasteiger partial charge in [-0.15, -0.1) is 0 Å². The van der Waals surface area contributed by atoms with E-state index >= 15 is 0 Å². The molecule has 0 unspecified atom stereocenters. The minimum Gasteiger partial charge on any atom is -0.495 e. The van der Waals surface area contributed by atoms with Crippen molar-refractivity contribution >= 4 is 40.9 Å². The smallest absolute Gasteiger partial charge is 0.243 e. The molecule has 0 aliphatic heterocycles. The number of amides is 2. The number of anilines is 1. The molecule has 1 aromatic heterocycles. The van der Waals surface area contributed by atoms with Crippen molar-refractivity contribution in [2.24, 2.45) is 0 Å². The van der Waals surface area contributed by atoms with E-state index in [0.717, 1.165) is 5.56 Å². The molecule has 2 rings (SSSR count). The fraction of sp³-hybridized carbons (Fsp3) is 0.235. The van der Waals surface area contributed by atoms with Gasteiger partial charge in [0.2, 0.25) is 11.8 Å². The number of nitrogens with zero attached hydrogens (tertiary/aromatic N) is 1. The van der Waals surface area contributed by atoms with E-state index in [1.807, 2.05) is 13.0 Å². The summed E-state index contributed by atoms with van der Waals surface area (Å²) in [6.45, 7) is 1.78. The number of carbonyl (C=O) groups is 2. The lowest BCUT2D eigenvalue weighted by atomic mass is 10.2. The van der Waals surface area contributed by atoms with Crippen molar-refractivity contribution in [2.45, 2.75) is 11.9 Å². The normalized spacial score (nSPS) is 10.2. The lowest BCUT2D eigenvalue weighted by Gasteiger charge is -2.11. The minimum atomic E-state index is -0.335. The van der Waals surface area contributed by atoms with Gasteiger partial charge in [-0.2, -0.15) is 0 Å². The number of pyridine rings is 1. The van der Waals surface area contributed by atoms with Gasteiger partial charge in [-0.05, 0) is 36.8 Å². The van der Waals surface area contributed by atoms with Gasteiger partial charge in [0.15, 0.2) is 0 Å². The van der Waals surface area contributed by atoms with Crippen molar-refractivity contribution < 1.29 is 14.3 Å². The third kappa shape index (κ3) is 5.95. The Labute approximate surface area is 155 Å². The number of benzene rings is 1. The highest BCUT2D eigenvalue weighted by Crippen LogP contribution is 2.25. The van der Waals surface area contributed by atoms with Gasteiger partial charge in [0, 0.05) is 6.20 Å². The summed E-state index contributed by atoms with van der Waals surface area (Å²) in [4.78, 5) is 27.9. The zero-order valence-electron chi connectivity index (χ0n) is 13.8. The Bertz CT molecular complexity index is 771. The van der Waals surface area contributed by atoms with Crippen LogP contribution in [0.5, 0.6) is 5.75 Å². The summed E-state index contributed by atoms with van der Waals surface area (Å²) in [6, 6.07) is 8.89. The Kier molecular flexibility index (Phi) is 7.09. The van der Waals surface area contributed by atoms with Crippen LogP contribution in [0.25, 0.3) is 0 Å². The molecular weight excluding hydrogens is 362 g/mol. The van der Waals surface area contributed by atoms with Crippen molar-refractivity contribution in [1.82, 2.24) is 10.3 Å². The van der Waals surface area contributed by atoms with E-state index in [4.69, 9.17) is 16.3 Å². The van der Waals surface area contributed by atoms with E-state index in [1.165, 1.54) is 18.9 Å². The van der Waals surface area contributed by atoms with E-state index in [1.54, 1.807) is 30.5 Å².